The maximum atomic E-state index is 12.4. The van der Waals surface area contributed by atoms with E-state index in [1.807, 2.05) is 0 Å². The number of amides is 2. The molecule has 0 aliphatic heterocycles. The molecule has 0 aliphatic carbocycles. The Kier molecular flexibility index (Phi) is 7.54. The first-order chi connectivity index (χ1) is 11.1. The molecule has 0 heterocycles. The van der Waals surface area contributed by atoms with Crippen LogP contribution >= 0.6 is 0 Å². The van der Waals surface area contributed by atoms with Crippen LogP contribution in [-0.4, -0.2) is 17.0 Å². The average molecular weight is 310 g/mol. The minimum atomic E-state index is -0.679. The van der Waals surface area contributed by atoms with Gasteiger partial charge in [0.25, 0.3) is 11.8 Å². The third kappa shape index (κ3) is 5.99. The molecule has 0 spiro atoms. The zero-order chi connectivity index (χ0) is 17.1. The van der Waals surface area contributed by atoms with Gasteiger partial charge in [0.2, 0.25) is 0 Å². The summed E-state index contributed by atoms with van der Waals surface area (Å²) in [7, 11) is 0. The summed E-state index contributed by atoms with van der Waals surface area (Å²) >= 11 is 0. The lowest BCUT2D eigenvalue weighted by atomic mass is 10.1. The Morgan fingerprint density at radius 1 is 1.09 bits per heavy atom. The highest BCUT2D eigenvalue weighted by Gasteiger charge is 2.10. The van der Waals surface area contributed by atoms with Gasteiger partial charge >= 0.3 is 0 Å². The van der Waals surface area contributed by atoms with Crippen molar-refractivity contribution in [2.75, 3.05) is 0 Å². The van der Waals surface area contributed by atoms with Crippen LogP contribution in [0.25, 0.3) is 6.08 Å². The summed E-state index contributed by atoms with van der Waals surface area (Å²) in [4.78, 5) is 23.5. The second-order valence-corrected chi connectivity index (χ2v) is 4.30. The fourth-order valence-electron chi connectivity index (χ4n) is 1.69. The number of carbonyl (C=O) groups is 2. The normalized spacial score (nSPS) is 11.4. The zero-order valence-corrected chi connectivity index (χ0v) is 12.5. The van der Waals surface area contributed by atoms with Crippen LogP contribution in [0, 0.1) is 0 Å². The first-order valence-electron chi connectivity index (χ1n) is 6.76. The third-order valence-corrected chi connectivity index (χ3v) is 2.70. The summed E-state index contributed by atoms with van der Waals surface area (Å²) in [6.45, 7) is 7.17. The average Bonchev–Trinajstić information content (AvgIpc) is 2.57. The molecule has 0 saturated heterocycles. The zero-order valence-electron chi connectivity index (χ0n) is 12.5. The van der Waals surface area contributed by atoms with E-state index in [1.54, 1.807) is 54.6 Å². The molecule has 1 aromatic carbocycles. The van der Waals surface area contributed by atoms with Crippen LogP contribution in [0.2, 0.25) is 0 Å². The first kappa shape index (κ1) is 17.9. The predicted molar refractivity (Wildman–Crippen MR) is 90.5 cm³/mol. The molecule has 0 unspecified atom stereocenters. The number of carbonyl (C=O) groups excluding carboxylic acids is 2. The number of hydrogen-bond donors (Lipinski definition) is 3. The Labute approximate surface area is 135 Å². The van der Waals surface area contributed by atoms with Gasteiger partial charge < -0.3 is 5.32 Å². The first-order valence-corrected chi connectivity index (χ1v) is 6.76. The van der Waals surface area contributed by atoms with E-state index in [2.05, 4.69) is 18.5 Å². The molecule has 0 aliphatic rings. The van der Waals surface area contributed by atoms with E-state index in [0.717, 1.165) is 6.08 Å². The highest BCUT2D eigenvalue weighted by Crippen LogP contribution is 2.11. The van der Waals surface area contributed by atoms with Crippen molar-refractivity contribution in [3.8, 4) is 0 Å². The third-order valence-electron chi connectivity index (χ3n) is 2.70. The van der Waals surface area contributed by atoms with Crippen LogP contribution < -0.4 is 10.8 Å². The van der Waals surface area contributed by atoms with Gasteiger partial charge in [-0.1, -0.05) is 49.6 Å². The van der Waals surface area contributed by atoms with Crippen LogP contribution in [-0.2, 0) is 4.79 Å². The SMILES string of the molecule is C=C/C=C\C(=C/C=C)NC(=O)c1ccccc1/C=C/C(=O)NO. The van der Waals surface area contributed by atoms with Gasteiger partial charge in [-0.25, -0.2) is 5.48 Å². The molecule has 0 atom stereocenters. The lowest BCUT2D eigenvalue weighted by molar-refractivity contribution is -0.124. The van der Waals surface area contributed by atoms with Gasteiger partial charge in [-0.05, 0) is 29.9 Å². The van der Waals surface area contributed by atoms with E-state index >= 15 is 0 Å². The van der Waals surface area contributed by atoms with Crippen molar-refractivity contribution >= 4 is 17.9 Å². The van der Waals surface area contributed by atoms with Crippen molar-refractivity contribution in [1.29, 1.82) is 0 Å². The standard InChI is InChI=1S/C18H18N2O3/c1-3-5-10-15(8-4-2)19-18(22)16-11-7-6-9-14(16)12-13-17(21)20-23/h3-13,23H,1-2H2,(H,19,22)(H,20,21)/b10-5-,13-12+,15-8+. The van der Waals surface area contributed by atoms with Gasteiger partial charge in [0.15, 0.2) is 0 Å². The van der Waals surface area contributed by atoms with Gasteiger partial charge in [0.05, 0.1) is 0 Å². The number of allylic oxidation sites excluding steroid dienone is 5. The van der Waals surface area contributed by atoms with Crippen molar-refractivity contribution in [2.45, 2.75) is 0 Å². The fraction of sp³-hybridized carbons (Fsp3) is 0. The molecule has 5 nitrogen and oxygen atoms in total. The van der Waals surface area contributed by atoms with Crippen LogP contribution in [0.3, 0.4) is 0 Å². The van der Waals surface area contributed by atoms with Crippen molar-refractivity contribution in [3.05, 3.63) is 90.7 Å². The molecule has 3 N–H and O–H groups in total. The van der Waals surface area contributed by atoms with Crippen molar-refractivity contribution in [2.24, 2.45) is 0 Å². The molecule has 1 rings (SSSR count). The van der Waals surface area contributed by atoms with E-state index in [0.29, 0.717) is 16.8 Å². The largest absolute Gasteiger partial charge is 0.322 e. The Balaban J connectivity index is 3.03. The molecule has 0 saturated carbocycles. The number of nitrogens with one attached hydrogen (secondary N) is 2. The topological polar surface area (TPSA) is 78.4 Å². The Morgan fingerprint density at radius 3 is 2.48 bits per heavy atom. The second-order valence-electron chi connectivity index (χ2n) is 4.30. The second kappa shape index (κ2) is 9.70. The fourth-order valence-corrected chi connectivity index (χ4v) is 1.69. The van der Waals surface area contributed by atoms with Crippen LogP contribution in [0.15, 0.2) is 79.6 Å². The van der Waals surface area contributed by atoms with E-state index < -0.39 is 5.91 Å². The summed E-state index contributed by atoms with van der Waals surface area (Å²) in [6, 6.07) is 6.78. The van der Waals surface area contributed by atoms with Gasteiger partial charge in [0.1, 0.15) is 0 Å². The molecule has 5 heteroatoms. The molecular formula is C18H18N2O3. The van der Waals surface area contributed by atoms with Crippen molar-refractivity contribution < 1.29 is 14.8 Å². The minimum absolute atomic E-state index is 0.337. The van der Waals surface area contributed by atoms with E-state index in [9.17, 15) is 9.59 Å². The monoisotopic (exact) mass is 310 g/mol. The van der Waals surface area contributed by atoms with E-state index in [4.69, 9.17) is 5.21 Å². The quantitative estimate of drug-likeness (QED) is 0.313. The molecular weight excluding hydrogens is 292 g/mol. The number of hydrogen-bond acceptors (Lipinski definition) is 3. The lowest BCUT2D eigenvalue weighted by Crippen LogP contribution is -2.22. The Morgan fingerprint density at radius 2 is 1.83 bits per heavy atom. The van der Waals surface area contributed by atoms with Gasteiger partial charge in [0, 0.05) is 17.3 Å². The molecule has 0 aromatic heterocycles. The molecule has 2 amide bonds. The Bertz CT molecular complexity index is 685. The smallest absolute Gasteiger partial charge is 0.267 e. The number of hydroxylamine groups is 1. The maximum Gasteiger partial charge on any atom is 0.267 e. The van der Waals surface area contributed by atoms with Crippen LogP contribution in [0.1, 0.15) is 15.9 Å². The Hall–Kier alpha value is -3.18. The highest BCUT2D eigenvalue weighted by molar-refractivity contribution is 6.00. The molecule has 0 fully saturated rings. The summed E-state index contributed by atoms with van der Waals surface area (Å²) in [6.07, 6.45) is 10.7. The van der Waals surface area contributed by atoms with E-state index in [-0.39, 0.29) is 5.91 Å². The van der Waals surface area contributed by atoms with Gasteiger partial charge in [-0.15, -0.1) is 0 Å². The number of rotatable bonds is 7. The van der Waals surface area contributed by atoms with Crippen LogP contribution in [0.5, 0.6) is 0 Å². The molecule has 0 radical (unpaired) electrons. The van der Waals surface area contributed by atoms with E-state index in [1.165, 1.54) is 11.6 Å². The van der Waals surface area contributed by atoms with Crippen LogP contribution in [0.4, 0.5) is 0 Å². The van der Waals surface area contributed by atoms with Crippen molar-refractivity contribution in [1.82, 2.24) is 10.8 Å². The van der Waals surface area contributed by atoms with Gasteiger partial charge in [-0.2, -0.15) is 0 Å². The van der Waals surface area contributed by atoms with Gasteiger partial charge in [-0.3, -0.25) is 14.8 Å². The lowest BCUT2D eigenvalue weighted by Gasteiger charge is -2.08. The molecule has 23 heavy (non-hydrogen) atoms. The highest BCUT2D eigenvalue weighted by atomic mass is 16.5. The minimum Gasteiger partial charge on any atom is -0.322 e. The summed E-state index contributed by atoms with van der Waals surface area (Å²) < 4.78 is 0. The molecule has 0 bridgehead atoms. The maximum absolute atomic E-state index is 12.4. The summed E-state index contributed by atoms with van der Waals surface area (Å²) in [5.41, 5.74) is 2.97. The van der Waals surface area contributed by atoms with Crippen molar-refractivity contribution in [3.63, 3.8) is 0 Å². The predicted octanol–water partition coefficient (Wildman–Crippen LogP) is 2.75. The molecule has 118 valence electrons. The summed E-state index contributed by atoms with van der Waals surface area (Å²) in [5, 5.41) is 11.2. The number of benzene rings is 1. The summed E-state index contributed by atoms with van der Waals surface area (Å²) in [5.74, 6) is -1.02. The molecule has 1 aromatic rings.